The second-order valence-corrected chi connectivity index (χ2v) is 12.9. The zero-order chi connectivity index (χ0) is 36.3. The van der Waals surface area contributed by atoms with E-state index in [9.17, 15) is 40.7 Å². The van der Waals surface area contributed by atoms with E-state index in [-0.39, 0.29) is 55.0 Å². The molecular formula is C36H43F6N3O4. The summed E-state index contributed by atoms with van der Waals surface area (Å²) in [4.78, 5) is 44.2. The van der Waals surface area contributed by atoms with Gasteiger partial charge in [0.05, 0.1) is 29.8 Å². The van der Waals surface area contributed by atoms with Gasteiger partial charge in [0, 0.05) is 39.0 Å². The molecule has 0 N–H and O–H groups in total. The fourth-order valence-corrected chi connectivity index (χ4v) is 6.82. The Morgan fingerprint density at radius 3 is 2.12 bits per heavy atom. The van der Waals surface area contributed by atoms with Crippen LogP contribution in [0.5, 0.6) is 0 Å². The SMILES string of the molecule is C=Cc1ccc([C@H]2CN(C(=O)C3CCC(CC(=O)OCC)CC3)CCN2C(=O)N(C)[C@H](C)c2cc(C(F)(F)F)cc(C(F)(F)F)c2)c(C)c1. The second-order valence-electron chi connectivity index (χ2n) is 12.9. The van der Waals surface area contributed by atoms with Gasteiger partial charge in [-0.2, -0.15) is 26.3 Å². The molecule has 4 rings (SSSR count). The molecule has 0 radical (unpaired) electrons. The highest BCUT2D eigenvalue weighted by Gasteiger charge is 2.41. The zero-order valence-corrected chi connectivity index (χ0v) is 28.2. The summed E-state index contributed by atoms with van der Waals surface area (Å²) in [6, 6.07) is 4.53. The molecule has 0 unspecified atom stereocenters. The molecule has 13 heteroatoms. The lowest BCUT2D eigenvalue weighted by Crippen LogP contribution is -2.56. The number of carbonyl (C=O) groups is 3. The Kier molecular flexibility index (Phi) is 11.8. The Hall–Kier alpha value is -4.03. The number of aryl methyl sites for hydroxylation is 1. The molecule has 2 aliphatic rings. The van der Waals surface area contributed by atoms with Crippen LogP contribution >= 0.6 is 0 Å². The van der Waals surface area contributed by atoms with Crippen molar-refractivity contribution in [1.82, 2.24) is 14.7 Å². The minimum absolute atomic E-state index is 0.0441. The normalized spacial score (nSPS) is 20.8. The Morgan fingerprint density at radius 1 is 0.980 bits per heavy atom. The van der Waals surface area contributed by atoms with Gasteiger partial charge in [0.25, 0.3) is 0 Å². The van der Waals surface area contributed by atoms with Crippen LogP contribution in [0.3, 0.4) is 0 Å². The molecule has 2 aromatic carbocycles. The molecule has 1 aliphatic carbocycles. The Bertz CT molecular complexity index is 1500. The monoisotopic (exact) mass is 695 g/mol. The lowest BCUT2D eigenvalue weighted by Gasteiger charge is -2.45. The third kappa shape index (κ3) is 8.96. The zero-order valence-electron chi connectivity index (χ0n) is 28.2. The third-order valence-corrected chi connectivity index (χ3v) is 9.76. The summed E-state index contributed by atoms with van der Waals surface area (Å²) in [7, 11) is 1.34. The predicted octanol–water partition coefficient (Wildman–Crippen LogP) is 8.43. The molecule has 1 aliphatic heterocycles. The van der Waals surface area contributed by atoms with Crippen LogP contribution in [-0.2, 0) is 26.7 Å². The van der Waals surface area contributed by atoms with E-state index in [2.05, 4.69) is 6.58 Å². The van der Waals surface area contributed by atoms with Gasteiger partial charge in [0.1, 0.15) is 0 Å². The molecule has 2 atom stereocenters. The molecule has 0 spiro atoms. The number of rotatable bonds is 8. The molecule has 0 bridgehead atoms. The van der Waals surface area contributed by atoms with Gasteiger partial charge in [-0.3, -0.25) is 9.59 Å². The molecule has 3 amide bonds. The number of ether oxygens (including phenoxy) is 1. The van der Waals surface area contributed by atoms with Crippen molar-refractivity contribution in [2.24, 2.45) is 11.8 Å². The summed E-state index contributed by atoms with van der Waals surface area (Å²) in [5.74, 6) is -0.376. The first-order chi connectivity index (χ1) is 22.9. The molecule has 268 valence electrons. The molecular weight excluding hydrogens is 652 g/mol. The summed E-state index contributed by atoms with van der Waals surface area (Å²) in [6.45, 7) is 9.58. The van der Waals surface area contributed by atoms with Gasteiger partial charge in [0.2, 0.25) is 5.91 Å². The summed E-state index contributed by atoms with van der Waals surface area (Å²) < 4.78 is 86.7. The minimum atomic E-state index is -5.03. The maximum atomic E-state index is 14.1. The quantitative estimate of drug-likeness (QED) is 0.205. The number of benzene rings is 2. The highest BCUT2D eigenvalue weighted by atomic mass is 19.4. The van der Waals surface area contributed by atoms with E-state index in [0.29, 0.717) is 50.8 Å². The lowest BCUT2D eigenvalue weighted by atomic mass is 9.79. The van der Waals surface area contributed by atoms with Crippen molar-refractivity contribution < 1.29 is 45.5 Å². The van der Waals surface area contributed by atoms with Crippen LogP contribution < -0.4 is 0 Å². The van der Waals surface area contributed by atoms with Crippen LogP contribution in [0.15, 0.2) is 43.0 Å². The van der Waals surface area contributed by atoms with E-state index in [1.807, 2.05) is 25.1 Å². The number of halogens is 6. The number of piperazine rings is 1. The molecule has 2 fully saturated rings. The van der Waals surface area contributed by atoms with Crippen molar-refractivity contribution in [1.29, 1.82) is 0 Å². The molecule has 49 heavy (non-hydrogen) atoms. The predicted molar refractivity (Wildman–Crippen MR) is 172 cm³/mol. The second kappa shape index (κ2) is 15.2. The van der Waals surface area contributed by atoms with E-state index >= 15 is 0 Å². The van der Waals surface area contributed by atoms with Gasteiger partial charge in [-0.05, 0) is 92.8 Å². The molecule has 7 nitrogen and oxygen atoms in total. The summed E-state index contributed by atoms with van der Waals surface area (Å²) in [5.41, 5.74) is -0.788. The number of hydrogen-bond acceptors (Lipinski definition) is 4. The smallest absolute Gasteiger partial charge is 0.416 e. The average Bonchev–Trinajstić information content (AvgIpc) is 3.06. The van der Waals surface area contributed by atoms with E-state index in [1.54, 1.807) is 17.9 Å². The van der Waals surface area contributed by atoms with Crippen LogP contribution in [0.2, 0.25) is 0 Å². The summed E-state index contributed by atoms with van der Waals surface area (Å²) >= 11 is 0. The molecule has 0 aromatic heterocycles. The van der Waals surface area contributed by atoms with E-state index < -0.39 is 41.6 Å². The van der Waals surface area contributed by atoms with Gasteiger partial charge in [0.15, 0.2) is 0 Å². The number of carbonyl (C=O) groups excluding carboxylic acids is 3. The molecule has 2 aromatic rings. The minimum Gasteiger partial charge on any atom is -0.466 e. The van der Waals surface area contributed by atoms with Crippen LogP contribution in [0.1, 0.15) is 91.4 Å². The summed E-state index contributed by atoms with van der Waals surface area (Å²) in [6.07, 6.45) is -5.38. The molecule has 1 saturated carbocycles. The van der Waals surface area contributed by atoms with Gasteiger partial charge >= 0.3 is 24.4 Å². The highest BCUT2D eigenvalue weighted by molar-refractivity contribution is 5.80. The van der Waals surface area contributed by atoms with Crippen molar-refractivity contribution >= 4 is 24.0 Å². The van der Waals surface area contributed by atoms with E-state index in [4.69, 9.17) is 4.74 Å². The highest BCUT2D eigenvalue weighted by Crippen LogP contribution is 2.39. The van der Waals surface area contributed by atoms with Crippen LogP contribution in [0, 0.1) is 18.8 Å². The van der Waals surface area contributed by atoms with Crippen LogP contribution in [0.25, 0.3) is 6.08 Å². The maximum Gasteiger partial charge on any atom is 0.416 e. The van der Waals surface area contributed by atoms with Gasteiger partial charge in [-0.25, -0.2) is 4.79 Å². The number of esters is 1. The topological polar surface area (TPSA) is 70.2 Å². The van der Waals surface area contributed by atoms with Gasteiger partial charge in [-0.15, -0.1) is 0 Å². The number of urea groups is 1. The first kappa shape index (κ1) is 37.8. The first-order valence-corrected chi connectivity index (χ1v) is 16.4. The van der Waals surface area contributed by atoms with Crippen LogP contribution in [-0.4, -0.2) is 65.9 Å². The number of hydrogen-bond donors (Lipinski definition) is 0. The van der Waals surface area contributed by atoms with E-state index in [0.717, 1.165) is 21.6 Å². The van der Waals surface area contributed by atoms with Crippen molar-refractivity contribution in [2.45, 2.75) is 77.3 Å². The lowest BCUT2D eigenvalue weighted by molar-refractivity contribution is -0.145. The third-order valence-electron chi connectivity index (χ3n) is 9.76. The van der Waals surface area contributed by atoms with Crippen molar-refractivity contribution in [3.63, 3.8) is 0 Å². The van der Waals surface area contributed by atoms with Gasteiger partial charge < -0.3 is 19.4 Å². The Labute approximate surface area is 282 Å². The molecule has 1 saturated heterocycles. The summed E-state index contributed by atoms with van der Waals surface area (Å²) in [5, 5.41) is 0. The van der Waals surface area contributed by atoms with Crippen molar-refractivity contribution in [2.75, 3.05) is 33.3 Å². The maximum absolute atomic E-state index is 14.1. The van der Waals surface area contributed by atoms with Crippen LogP contribution in [0.4, 0.5) is 31.1 Å². The molecule has 1 heterocycles. The Morgan fingerprint density at radius 2 is 1.59 bits per heavy atom. The Balaban J connectivity index is 1.58. The number of amides is 3. The van der Waals surface area contributed by atoms with Crippen molar-refractivity contribution in [3.8, 4) is 0 Å². The standard InChI is InChI=1S/C36H43F6N3O4/c1-6-24-10-13-30(22(3)16-24)31-21-44(33(47)26-11-8-25(9-12-26)17-32(46)49-7-2)14-15-45(31)34(48)43(5)23(4)27-18-28(35(37,38)39)20-29(19-27)36(40,41)42/h6,10,13,16,18-20,23,25-26,31H,1,7-9,11-12,14-15,17,21H2,2-5H3/t23-,25?,26?,31-/m1/s1. The number of alkyl halides is 6. The largest absolute Gasteiger partial charge is 0.466 e. The first-order valence-electron chi connectivity index (χ1n) is 16.4. The average molecular weight is 696 g/mol. The van der Waals surface area contributed by atoms with E-state index in [1.165, 1.54) is 18.9 Å². The fourth-order valence-electron chi connectivity index (χ4n) is 6.82. The van der Waals surface area contributed by atoms with Gasteiger partial charge in [-0.1, -0.05) is 30.9 Å². The number of nitrogens with zero attached hydrogens (tertiary/aromatic N) is 3. The van der Waals surface area contributed by atoms with Crippen molar-refractivity contribution in [3.05, 3.63) is 76.4 Å². The fraction of sp³-hybridized carbons (Fsp3) is 0.528.